The smallest absolute Gasteiger partial charge is 0.338 e. The maximum Gasteiger partial charge on any atom is 0.338 e. The number of unbranched alkanes of at least 4 members (excludes halogenated alkanes) is 9. The third kappa shape index (κ3) is 7.50. The number of hydrogen-bond donors (Lipinski definition) is 0. The Morgan fingerprint density at radius 2 is 1.57 bits per heavy atom. The second-order valence-corrected chi connectivity index (χ2v) is 9.77. The second kappa shape index (κ2) is 14.2. The van der Waals surface area contributed by atoms with Gasteiger partial charge in [-0.25, -0.2) is 4.79 Å². The first-order valence-corrected chi connectivity index (χ1v) is 14.2. The second-order valence-electron chi connectivity index (χ2n) is 8.90. The Morgan fingerprint density at radius 1 is 0.886 bits per heavy atom. The maximum atomic E-state index is 13.3. The van der Waals surface area contributed by atoms with Crippen molar-refractivity contribution >= 4 is 39.7 Å². The summed E-state index contributed by atoms with van der Waals surface area (Å²) in [6, 6.07) is 8.59. The minimum atomic E-state index is -0.452. The zero-order valence-corrected chi connectivity index (χ0v) is 22.1. The van der Waals surface area contributed by atoms with Crippen molar-refractivity contribution < 1.29 is 18.7 Å². The molecule has 0 aliphatic rings. The van der Waals surface area contributed by atoms with E-state index in [2.05, 4.69) is 6.92 Å². The number of fused-ring (bicyclic) bond motifs is 2. The Bertz CT molecular complexity index is 1170. The summed E-state index contributed by atoms with van der Waals surface area (Å²) in [5.74, 6) is 0.142. The fourth-order valence-corrected chi connectivity index (χ4v) is 4.70. The van der Waals surface area contributed by atoms with E-state index in [4.69, 9.17) is 13.9 Å². The lowest BCUT2D eigenvalue weighted by molar-refractivity contribution is 0.0526. The summed E-state index contributed by atoms with van der Waals surface area (Å²) in [6.45, 7) is 4.87. The van der Waals surface area contributed by atoms with Gasteiger partial charge >= 0.3 is 5.97 Å². The van der Waals surface area contributed by atoms with Gasteiger partial charge in [0.2, 0.25) is 5.43 Å². The molecule has 0 bridgehead atoms. The van der Waals surface area contributed by atoms with E-state index in [0.29, 0.717) is 39.9 Å². The molecule has 0 aliphatic carbocycles. The number of carbonyl (C=O) groups is 1. The molecule has 0 atom stereocenters. The number of benzene rings is 2. The number of ether oxygens (including phenoxy) is 2. The maximum absolute atomic E-state index is 13.3. The first-order valence-electron chi connectivity index (χ1n) is 13.0. The predicted octanol–water partition coefficient (Wildman–Crippen LogP) is 8.14. The van der Waals surface area contributed by atoms with Crippen LogP contribution in [0.2, 0.25) is 0 Å². The lowest BCUT2D eigenvalue weighted by atomic mass is 10.1. The molecular formula is C29H38O5S. The minimum Gasteiger partial charge on any atom is -0.490 e. The fraction of sp³-hybridized carbons (Fsp3) is 0.517. The zero-order chi connectivity index (χ0) is 25.0. The van der Waals surface area contributed by atoms with Crippen LogP contribution in [-0.2, 0) is 4.74 Å². The van der Waals surface area contributed by atoms with Crippen LogP contribution < -0.4 is 10.2 Å². The van der Waals surface area contributed by atoms with Gasteiger partial charge in [0.15, 0.2) is 11.3 Å². The van der Waals surface area contributed by atoms with Gasteiger partial charge in [-0.3, -0.25) is 4.79 Å². The third-order valence-corrected chi connectivity index (χ3v) is 6.92. The van der Waals surface area contributed by atoms with E-state index in [1.54, 1.807) is 36.9 Å². The van der Waals surface area contributed by atoms with E-state index in [0.717, 1.165) is 17.7 Å². The van der Waals surface area contributed by atoms with Gasteiger partial charge in [-0.1, -0.05) is 64.7 Å². The average molecular weight is 499 g/mol. The summed E-state index contributed by atoms with van der Waals surface area (Å²) in [5.41, 5.74) is 1.05. The van der Waals surface area contributed by atoms with E-state index >= 15 is 0 Å². The summed E-state index contributed by atoms with van der Waals surface area (Å²) >= 11 is 1.55. The quantitative estimate of drug-likeness (QED) is 0.0911. The lowest BCUT2D eigenvalue weighted by Crippen LogP contribution is -2.08. The van der Waals surface area contributed by atoms with E-state index < -0.39 is 5.97 Å². The Balaban J connectivity index is 1.67. The average Bonchev–Trinajstić information content (AvgIpc) is 2.87. The van der Waals surface area contributed by atoms with Crippen molar-refractivity contribution in [1.29, 1.82) is 0 Å². The van der Waals surface area contributed by atoms with Crippen LogP contribution in [0.1, 0.15) is 88.4 Å². The molecule has 190 valence electrons. The van der Waals surface area contributed by atoms with Gasteiger partial charge in [0.25, 0.3) is 0 Å². The largest absolute Gasteiger partial charge is 0.490 e. The van der Waals surface area contributed by atoms with Crippen molar-refractivity contribution in [3.63, 3.8) is 0 Å². The Kier molecular flexibility index (Phi) is 11.0. The minimum absolute atomic E-state index is 0.174. The van der Waals surface area contributed by atoms with Gasteiger partial charge in [-0.05, 0) is 49.9 Å². The van der Waals surface area contributed by atoms with E-state index in [-0.39, 0.29) is 12.0 Å². The normalized spacial score (nSPS) is 11.3. The van der Waals surface area contributed by atoms with Crippen molar-refractivity contribution in [2.45, 2.75) is 83.0 Å². The van der Waals surface area contributed by atoms with Crippen LogP contribution >= 0.6 is 11.8 Å². The Labute approximate surface area is 212 Å². The van der Waals surface area contributed by atoms with E-state index in [1.165, 1.54) is 51.4 Å². The van der Waals surface area contributed by atoms with Gasteiger partial charge in [0, 0.05) is 4.90 Å². The summed E-state index contributed by atoms with van der Waals surface area (Å²) in [6.07, 6.45) is 14.6. The molecule has 0 saturated heterocycles. The number of thioether (sulfide) groups is 1. The van der Waals surface area contributed by atoms with Crippen molar-refractivity contribution in [1.82, 2.24) is 0 Å². The van der Waals surface area contributed by atoms with Crippen LogP contribution in [0.4, 0.5) is 0 Å². The van der Waals surface area contributed by atoms with Crippen molar-refractivity contribution in [2.75, 3.05) is 19.5 Å². The highest BCUT2D eigenvalue weighted by Crippen LogP contribution is 2.32. The van der Waals surface area contributed by atoms with Crippen molar-refractivity contribution in [2.24, 2.45) is 0 Å². The molecule has 0 spiro atoms. The van der Waals surface area contributed by atoms with Crippen LogP contribution in [0.15, 0.2) is 44.4 Å². The Hall–Kier alpha value is -2.47. The first kappa shape index (κ1) is 27.1. The van der Waals surface area contributed by atoms with Crippen LogP contribution in [0.25, 0.3) is 21.9 Å². The van der Waals surface area contributed by atoms with Crippen LogP contribution in [-0.4, -0.2) is 25.4 Å². The molecule has 0 fully saturated rings. The summed E-state index contributed by atoms with van der Waals surface area (Å²) < 4.78 is 17.3. The fourth-order valence-electron chi connectivity index (χ4n) is 4.24. The van der Waals surface area contributed by atoms with E-state index in [1.807, 2.05) is 18.4 Å². The molecule has 1 aromatic heterocycles. The molecule has 0 amide bonds. The highest BCUT2D eigenvalue weighted by atomic mass is 32.2. The molecule has 0 unspecified atom stereocenters. The number of rotatable bonds is 15. The molecule has 0 saturated carbocycles. The van der Waals surface area contributed by atoms with Gasteiger partial charge in [0.05, 0.1) is 29.5 Å². The van der Waals surface area contributed by atoms with Crippen LogP contribution in [0.3, 0.4) is 0 Å². The number of hydrogen-bond acceptors (Lipinski definition) is 6. The highest BCUT2D eigenvalue weighted by Gasteiger charge is 2.16. The standard InChI is InChI=1S/C29H38O5S/c1-4-6-7-8-9-10-11-12-13-14-17-33-26-20-22(35-3)19-24-27(30)23-18-21(29(31)32-5-2)15-16-25(23)34-28(24)26/h15-16,18-20H,4-14,17H2,1-3H3. The molecule has 3 aromatic rings. The molecule has 6 heteroatoms. The zero-order valence-electron chi connectivity index (χ0n) is 21.3. The van der Waals surface area contributed by atoms with Gasteiger partial charge in [0.1, 0.15) is 5.58 Å². The predicted molar refractivity (Wildman–Crippen MR) is 145 cm³/mol. The van der Waals surface area contributed by atoms with Gasteiger partial charge in [-0.2, -0.15) is 0 Å². The molecule has 2 aromatic carbocycles. The third-order valence-electron chi connectivity index (χ3n) is 6.21. The topological polar surface area (TPSA) is 65.7 Å². The van der Waals surface area contributed by atoms with Crippen LogP contribution in [0.5, 0.6) is 5.75 Å². The summed E-state index contributed by atoms with van der Waals surface area (Å²) in [5, 5.41) is 0.824. The van der Waals surface area contributed by atoms with Crippen molar-refractivity contribution in [3.05, 3.63) is 46.1 Å². The molecule has 0 radical (unpaired) electrons. The molecule has 1 heterocycles. The molecular weight excluding hydrogens is 460 g/mol. The number of carbonyl (C=O) groups excluding carboxylic acids is 1. The lowest BCUT2D eigenvalue weighted by Gasteiger charge is -2.11. The van der Waals surface area contributed by atoms with E-state index in [9.17, 15) is 9.59 Å². The van der Waals surface area contributed by atoms with Crippen LogP contribution in [0, 0.1) is 0 Å². The monoisotopic (exact) mass is 498 g/mol. The molecule has 5 nitrogen and oxygen atoms in total. The number of esters is 1. The highest BCUT2D eigenvalue weighted by molar-refractivity contribution is 7.98. The summed E-state index contributed by atoms with van der Waals surface area (Å²) in [7, 11) is 0. The molecule has 0 aliphatic heterocycles. The molecule has 0 N–H and O–H groups in total. The first-order chi connectivity index (χ1) is 17.1. The summed E-state index contributed by atoms with van der Waals surface area (Å²) in [4.78, 5) is 26.4. The SMILES string of the molecule is CCCCCCCCCCCCOc1cc(SC)cc2c(=O)c3cc(C(=O)OCC)ccc3oc12. The van der Waals surface area contributed by atoms with Gasteiger partial charge < -0.3 is 13.9 Å². The Morgan fingerprint density at radius 3 is 2.23 bits per heavy atom. The molecule has 3 rings (SSSR count). The van der Waals surface area contributed by atoms with Crippen molar-refractivity contribution in [3.8, 4) is 5.75 Å². The van der Waals surface area contributed by atoms with Gasteiger partial charge in [-0.15, -0.1) is 11.8 Å². The molecule has 35 heavy (non-hydrogen) atoms.